The molecule has 0 spiro atoms. The Morgan fingerprint density at radius 3 is 2.45 bits per heavy atom. The molecule has 1 unspecified atom stereocenters. The van der Waals surface area contributed by atoms with Gasteiger partial charge < -0.3 is 10.4 Å². The third-order valence-electron chi connectivity index (χ3n) is 4.30. The first kappa shape index (κ1) is 14.7. The summed E-state index contributed by atoms with van der Waals surface area (Å²) in [5.41, 5.74) is 2.42. The van der Waals surface area contributed by atoms with E-state index in [1.807, 2.05) is 19.1 Å². The van der Waals surface area contributed by atoms with Gasteiger partial charge in [0, 0.05) is 5.56 Å². The van der Waals surface area contributed by atoms with Crippen molar-refractivity contribution in [3.05, 3.63) is 64.5 Å². The summed E-state index contributed by atoms with van der Waals surface area (Å²) < 4.78 is 14.0. The standard InChI is InChI=1S/C18H18FNO2/c1-10-4-6-11(7-5-10)16(21)13-8-12(19)9-14-15(13)20-17(22)18(14,2)3/h4-9,16,21H,1-3H3,(H,20,22). The van der Waals surface area contributed by atoms with E-state index in [0.717, 1.165) is 5.56 Å². The van der Waals surface area contributed by atoms with Gasteiger partial charge in [-0.3, -0.25) is 4.79 Å². The number of fused-ring (bicyclic) bond motifs is 1. The number of halogens is 1. The lowest BCUT2D eigenvalue weighted by Crippen LogP contribution is -2.26. The third-order valence-corrected chi connectivity index (χ3v) is 4.30. The molecule has 0 saturated carbocycles. The molecule has 1 aliphatic rings. The molecule has 4 heteroatoms. The fourth-order valence-electron chi connectivity index (χ4n) is 2.80. The quantitative estimate of drug-likeness (QED) is 0.892. The fourth-order valence-corrected chi connectivity index (χ4v) is 2.80. The van der Waals surface area contributed by atoms with Gasteiger partial charge in [0.15, 0.2) is 0 Å². The lowest BCUT2D eigenvalue weighted by molar-refractivity contribution is -0.119. The molecule has 2 aromatic carbocycles. The summed E-state index contributed by atoms with van der Waals surface area (Å²) in [5, 5.41) is 13.4. The van der Waals surface area contributed by atoms with Gasteiger partial charge in [0.05, 0.1) is 11.1 Å². The van der Waals surface area contributed by atoms with Crippen LogP contribution in [0.1, 0.15) is 42.2 Å². The number of hydrogen-bond donors (Lipinski definition) is 2. The number of rotatable bonds is 2. The van der Waals surface area contributed by atoms with Crippen LogP contribution in [0.15, 0.2) is 36.4 Å². The molecule has 0 aliphatic carbocycles. The van der Waals surface area contributed by atoms with Crippen LogP contribution in [0.5, 0.6) is 0 Å². The number of aryl methyl sites for hydroxylation is 1. The van der Waals surface area contributed by atoms with E-state index in [4.69, 9.17) is 0 Å². The van der Waals surface area contributed by atoms with Crippen molar-refractivity contribution in [1.82, 2.24) is 0 Å². The molecule has 2 aromatic rings. The Kier molecular flexibility index (Phi) is 3.29. The minimum atomic E-state index is -0.987. The summed E-state index contributed by atoms with van der Waals surface area (Å²) >= 11 is 0. The van der Waals surface area contributed by atoms with Gasteiger partial charge in [0.1, 0.15) is 11.9 Å². The van der Waals surface area contributed by atoms with E-state index in [2.05, 4.69) is 5.32 Å². The summed E-state index contributed by atoms with van der Waals surface area (Å²) in [7, 11) is 0. The maximum Gasteiger partial charge on any atom is 0.234 e. The Balaban J connectivity index is 2.13. The molecule has 1 amide bonds. The number of carbonyl (C=O) groups is 1. The average molecular weight is 299 g/mol. The van der Waals surface area contributed by atoms with Gasteiger partial charge in [-0.25, -0.2) is 4.39 Å². The lowest BCUT2D eigenvalue weighted by Gasteiger charge is -2.18. The van der Waals surface area contributed by atoms with Crippen LogP contribution in [0.25, 0.3) is 0 Å². The van der Waals surface area contributed by atoms with Crippen LogP contribution in [-0.2, 0) is 10.2 Å². The number of benzene rings is 2. The molecule has 1 heterocycles. The second-order valence-electron chi connectivity index (χ2n) is 6.31. The first-order chi connectivity index (χ1) is 10.3. The van der Waals surface area contributed by atoms with Crippen LogP contribution in [0, 0.1) is 12.7 Å². The van der Waals surface area contributed by atoms with Gasteiger partial charge >= 0.3 is 0 Å². The SMILES string of the molecule is Cc1ccc(C(O)c2cc(F)cc3c2NC(=O)C3(C)C)cc1. The molecule has 3 rings (SSSR count). The topological polar surface area (TPSA) is 49.3 Å². The number of hydrogen-bond acceptors (Lipinski definition) is 2. The Labute approximate surface area is 128 Å². The van der Waals surface area contributed by atoms with Crippen molar-refractivity contribution in [2.45, 2.75) is 32.3 Å². The molecule has 22 heavy (non-hydrogen) atoms. The van der Waals surface area contributed by atoms with Crippen molar-refractivity contribution in [2.24, 2.45) is 0 Å². The molecule has 0 bridgehead atoms. The normalized spacial score (nSPS) is 17.0. The second kappa shape index (κ2) is 4.92. The van der Waals surface area contributed by atoms with E-state index in [0.29, 0.717) is 22.4 Å². The van der Waals surface area contributed by atoms with Gasteiger partial charge in [-0.1, -0.05) is 29.8 Å². The van der Waals surface area contributed by atoms with Crippen LogP contribution in [0.3, 0.4) is 0 Å². The molecular weight excluding hydrogens is 281 g/mol. The van der Waals surface area contributed by atoms with E-state index < -0.39 is 17.3 Å². The van der Waals surface area contributed by atoms with E-state index in [1.54, 1.807) is 26.0 Å². The molecule has 0 radical (unpaired) electrons. The lowest BCUT2D eigenvalue weighted by atomic mass is 9.84. The predicted octanol–water partition coefficient (Wildman–Crippen LogP) is 3.45. The van der Waals surface area contributed by atoms with Crippen molar-refractivity contribution >= 4 is 11.6 Å². The first-order valence-electron chi connectivity index (χ1n) is 7.20. The molecule has 3 nitrogen and oxygen atoms in total. The van der Waals surface area contributed by atoms with E-state index in [9.17, 15) is 14.3 Å². The smallest absolute Gasteiger partial charge is 0.234 e. The van der Waals surface area contributed by atoms with Crippen LogP contribution < -0.4 is 5.32 Å². The zero-order valence-electron chi connectivity index (χ0n) is 12.8. The summed E-state index contributed by atoms with van der Waals surface area (Å²) in [5.74, 6) is -0.644. The molecule has 114 valence electrons. The second-order valence-corrected chi connectivity index (χ2v) is 6.31. The highest BCUT2D eigenvalue weighted by Gasteiger charge is 2.40. The molecule has 0 saturated heterocycles. The first-order valence-corrected chi connectivity index (χ1v) is 7.20. The van der Waals surface area contributed by atoms with Crippen molar-refractivity contribution in [2.75, 3.05) is 5.32 Å². The van der Waals surface area contributed by atoms with Gasteiger partial charge in [-0.05, 0) is 44.0 Å². The van der Waals surface area contributed by atoms with Gasteiger partial charge in [-0.15, -0.1) is 0 Å². The van der Waals surface area contributed by atoms with E-state index in [-0.39, 0.29) is 5.91 Å². The van der Waals surface area contributed by atoms with Gasteiger partial charge in [0.2, 0.25) is 5.91 Å². The predicted molar refractivity (Wildman–Crippen MR) is 83.3 cm³/mol. The van der Waals surface area contributed by atoms with Gasteiger partial charge in [-0.2, -0.15) is 0 Å². The van der Waals surface area contributed by atoms with Crippen molar-refractivity contribution in [1.29, 1.82) is 0 Å². The maximum absolute atomic E-state index is 14.0. The number of aliphatic hydroxyl groups excluding tert-OH is 1. The minimum Gasteiger partial charge on any atom is -0.384 e. The average Bonchev–Trinajstić information content (AvgIpc) is 2.69. The summed E-state index contributed by atoms with van der Waals surface area (Å²) in [6.07, 6.45) is -0.987. The molecule has 0 fully saturated rings. The van der Waals surface area contributed by atoms with Crippen LogP contribution in [0.4, 0.5) is 10.1 Å². The van der Waals surface area contributed by atoms with Crippen LogP contribution in [-0.4, -0.2) is 11.0 Å². The number of aliphatic hydroxyl groups is 1. The summed E-state index contributed by atoms with van der Waals surface area (Å²) in [6.45, 7) is 5.45. The number of nitrogens with one attached hydrogen (secondary N) is 1. The largest absolute Gasteiger partial charge is 0.384 e. The molecular formula is C18H18FNO2. The maximum atomic E-state index is 14.0. The summed E-state index contributed by atoms with van der Waals surface area (Å²) in [4.78, 5) is 12.1. The fraction of sp³-hybridized carbons (Fsp3) is 0.278. The van der Waals surface area contributed by atoms with Gasteiger partial charge in [0.25, 0.3) is 0 Å². The molecule has 0 aromatic heterocycles. The van der Waals surface area contributed by atoms with Crippen molar-refractivity contribution < 1.29 is 14.3 Å². The number of amides is 1. The van der Waals surface area contributed by atoms with Crippen molar-refractivity contribution in [3.63, 3.8) is 0 Å². The Morgan fingerprint density at radius 2 is 1.82 bits per heavy atom. The van der Waals surface area contributed by atoms with E-state index in [1.165, 1.54) is 12.1 Å². The Bertz CT molecular complexity index is 750. The van der Waals surface area contributed by atoms with Crippen LogP contribution >= 0.6 is 0 Å². The third kappa shape index (κ3) is 2.20. The summed E-state index contributed by atoms with van der Waals surface area (Å²) in [6, 6.07) is 10.0. The highest BCUT2D eigenvalue weighted by atomic mass is 19.1. The molecule has 2 N–H and O–H groups in total. The monoisotopic (exact) mass is 299 g/mol. The van der Waals surface area contributed by atoms with Crippen LogP contribution in [0.2, 0.25) is 0 Å². The molecule has 1 atom stereocenters. The highest BCUT2D eigenvalue weighted by Crippen LogP contribution is 2.43. The Morgan fingerprint density at radius 1 is 1.18 bits per heavy atom. The van der Waals surface area contributed by atoms with Crippen molar-refractivity contribution in [3.8, 4) is 0 Å². The highest BCUT2D eigenvalue weighted by molar-refractivity contribution is 6.06. The number of carbonyl (C=O) groups excluding carboxylic acids is 1. The Hall–Kier alpha value is -2.20. The van der Waals surface area contributed by atoms with E-state index >= 15 is 0 Å². The zero-order valence-corrected chi connectivity index (χ0v) is 12.8. The zero-order chi connectivity index (χ0) is 16.1. The molecule has 1 aliphatic heterocycles. The minimum absolute atomic E-state index is 0.189. The number of anilines is 1.